The fourth-order valence-electron chi connectivity index (χ4n) is 5.71. The van der Waals surface area contributed by atoms with Crippen LogP contribution in [0.25, 0.3) is 0 Å². The Balaban J connectivity index is 0.000000166. The van der Waals surface area contributed by atoms with Crippen LogP contribution in [0.4, 0.5) is 0 Å². The van der Waals surface area contributed by atoms with Gasteiger partial charge in [0.05, 0.1) is 14.2 Å². The van der Waals surface area contributed by atoms with Crippen LogP contribution in [-0.4, -0.2) is 57.2 Å². The summed E-state index contributed by atoms with van der Waals surface area (Å²) in [6.45, 7) is 5.33. The van der Waals surface area contributed by atoms with Crippen molar-refractivity contribution < 1.29 is 19.1 Å². The number of benzene rings is 1. The lowest BCUT2D eigenvalue weighted by Gasteiger charge is -2.49. The SMILES string of the molecule is COC(=O)C=C1C2CC1CN(Cc1ccccc1)C2.COC(=O)CC1C2CNCC1C2. The lowest BCUT2D eigenvalue weighted by molar-refractivity contribution is -0.145. The number of nitrogens with one attached hydrogen (secondary N) is 1. The average molecular weight is 427 g/mol. The molecule has 1 N–H and O–H groups in total. The summed E-state index contributed by atoms with van der Waals surface area (Å²) in [5.41, 5.74) is 2.67. The van der Waals surface area contributed by atoms with Gasteiger partial charge in [0.1, 0.15) is 0 Å². The first-order chi connectivity index (χ1) is 15.1. The number of nitrogens with zero attached hydrogens (tertiary/aromatic N) is 1. The number of methoxy groups -OCH3 is 2. The van der Waals surface area contributed by atoms with Crippen LogP contribution in [0.15, 0.2) is 42.0 Å². The second kappa shape index (κ2) is 9.96. The number of ether oxygens (including phenoxy) is 2. The number of piperidine rings is 4. The van der Waals surface area contributed by atoms with Crippen LogP contribution in [0.2, 0.25) is 0 Å². The standard InChI is InChI=1S/C16H19NO2.C9H15NO2/c1-19-16(18)8-15-13-7-14(15)11-17(10-13)9-12-5-3-2-4-6-12;1-12-9(11)3-8-6-2-7(8)5-10-4-6/h2-6,8,13-14H,7,9-11H2,1H3;6-8,10H,2-5H2,1H3. The minimum Gasteiger partial charge on any atom is -0.469 e. The summed E-state index contributed by atoms with van der Waals surface area (Å²) in [6.07, 6.45) is 4.88. The van der Waals surface area contributed by atoms with Crippen LogP contribution in [0.1, 0.15) is 24.8 Å². The van der Waals surface area contributed by atoms with Crippen molar-refractivity contribution in [2.24, 2.45) is 29.6 Å². The molecule has 168 valence electrons. The van der Waals surface area contributed by atoms with Crippen molar-refractivity contribution in [3.05, 3.63) is 47.5 Å². The highest BCUT2D eigenvalue weighted by molar-refractivity contribution is 5.83. The van der Waals surface area contributed by atoms with Gasteiger partial charge in [-0.1, -0.05) is 35.9 Å². The van der Waals surface area contributed by atoms with E-state index in [1.165, 1.54) is 38.2 Å². The number of hydrogen-bond donors (Lipinski definition) is 1. The molecule has 0 radical (unpaired) electrons. The minimum absolute atomic E-state index is 0.0448. The molecule has 4 aliphatic heterocycles. The van der Waals surface area contributed by atoms with Gasteiger partial charge in [-0.25, -0.2) is 4.79 Å². The van der Waals surface area contributed by atoms with Crippen LogP contribution >= 0.6 is 0 Å². The molecule has 6 heteroatoms. The van der Waals surface area contributed by atoms with Gasteiger partial charge in [0, 0.05) is 32.1 Å². The molecule has 6 nitrogen and oxygen atoms in total. The van der Waals surface area contributed by atoms with Crippen molar-refractivity contribution in [1.82, 2.24) is 10.2 Å². The summed E-state index contributed by atoms with van der Waals surface area (Å²) in [4.78, 5) is 24.8. The molecule has 0 spiro atoms. The molecule has 6 fully saturated rings. The maximum Gasteiger partial charge on any atom is 0.330 e. The highest BCUT2D eigenvalue weighted by atomic mass is 16.5. The van der Waals surface area contributed by atoms with E-state index in [4.69, 9.17) is 4.74 Å². The summed E-state index contributed by atoms with van der Waals surface area (Å²) >= 11 is 0. The molecule has 2 aliphatic carbocycles. The molecule has 0 amide bonds. The molecule has 4 bridgehead atoms. The highest BCUT2D eigenvalue weighted by Crippen LogP contribution is 2.45. The van der Waals surface area contributed by atoms with Crippen molar-refractivity contribution >= 4 is 11.9 Å². The second-order valence-electron chi connectivity index (χ2n) is 9.33. The van der Waals surface area contributed by atoms with E-state index in [0.29, 0.717) is 24.2 Å². The topological polar surface area (TPSA) is 67.9 Å². The summed E-state index contributed by atoms with van der Waals surface area (Å²) < 4.78 is 9.38. The largest absolute Gasteiger partial charge is 0.469 e. The van der Waals surface area contributed by atoms with E-state index < -0.39 is 0 Å². The van der Waals surface area contributed by atoms with Crippen molar-refractivity contribution in [2.75, 3.05) is 40.4 Å². The maximum absolute atomic E-state index is 11.3. The molecule has 4 atom stereocenters. The summed E-state index contributed by atoms with van der Waals surface area (Å²) in [7, 11) is 2.91. The lowest BCUT2D eigenvalue weighted by atomic mass is 9.61. The zero-order valence-corrected chi connectivity index (χ0v) is 18.6. The third-order valence-electron chi connectivity index (χ3n) is 7.46. The molecular weight excluding hydrogens is 392 g/mol. The van der Waals surface area contributed by atoms with Crippen LogP contribution in [0.5, 0.6) is 0 Å². The number of carbonyl (C=O) groups excluding carboxylic acids is 2. The van der Waals surface area contributed by atoms with E-state index >= 15 is 0 Å². The predicted octanol–water partition coefficient (Wildman–Crippen LogP) is 2.64. The molecule has 0 aromatic heterocycles. The molecule has 4 heterocycles. The second-order valence-corrected chi connectivity index (χ2v) is 9.33. The van der Waals surface area contributed by atoms with Crippen molar-refractivity contribution in [1.29, 1.82) is 0 Å². The Morgan fingerprint density at radius 2 is 1.71 bits per heavy atom. The number of hydrogen-bond acceptors (Lipinski definition) is 6. The first kappa shape index (κ1) is 22.0. The quantitative estimate of drug-likeness (QED) is 0.577. The zero-order valence-electron chi connectivity index (χ0n) is 18.6. The molecule has 1 aromatic carbocycles. The Morgan fingerprint density at radius 1 is 1.03 bits per heavy atom. The molecule has 2 saturated carbocycles. The van der Waals surface area contributed by atoms with E-state index in [0.717, 1.165) is 44.6 Å². The first-order valence-corrected chi connectivity index (χ1v) is 11.4. The van der Waals surface area contributed by atoms with Gasteiger partial charge in [-0.05, 0) is 61.1 Å². The Kier molecular flexibility index (Phi) is 7.08. The van der Waals surface area contributed by atoms with Gasteiger partial charge < -0.3 is 14.8 Å². The lowest BCUT2D eigenvalue weighted by Crippen LogP contribution is -2.53. The third-order valence-corrected chi connectivity index (χ3v) is 7.46. The van der Waals surface area contributed by atoms with Gasteiger partial charge in [-0.15, -0.1) is 0 Å². The number of fused-ring (bicyclic) bond motifs is 4. The number of esters is 2. The molecule has 1 aromatic rings. The van der Waals surface area contributed by atoms with E-state index in [1.807, 2.05) is 6.07 Å². The highest BCUT2D eigenvalue weighted by Gasteiger charge is 2.44. The summed E-state index contributed by atoms with van der Waals surface area (Å²) in [5.74, 6) is 2.95. The first-order valence-electron chi connectivity index (χ1n) is 11.4. The van der Waals surface area contributed by atoms with Gasteiger partial charge in [0.15, 0.2) is 0 Å². The molecule has 4 unspecified atom stereocenters. The van der Waals surface area contributed by atoms with Crippen LogP contribution in [0, 0.1) is 29.6 Å². The van der Waals surface area contributed by atoms with Crippen LogP contribution in [0.3, 0.4) is 0 Å². The van der Waals surface area contributed by atoms with Crippen LogP contribution in [-0.2, 0) is 25.6 Å². The Labute approximate surface area is 185 Å². The normalized spacial score (nSPS) is 30.6. The van der Waals surface area contributed by atoms with Crippen molar-refractivity contribution in [2.45, 2.75) is 25.8 Å². The number of rotatable bonds is 5. The third kappa shape index (κ3) is 5.18. The summed E-state index contributed by atoms with van der Waals surface area (Å²) in [5, 5.41) is 3.35. The van der Waals surface area contributed by atoms with Gasteiger partial charge in [0.25, 0.3) is 0 Å². The van der Waals surface area contributed by atoms with Crippen LogP contribution < -0.4 is 5.32 Å². The Morgan fingerprint density at radius 3 is 2.29 bits per heavy atom. The monoisotopic (exact) mass is 426 g/mol. The van der Waals surface area contributed by atoms with Gasteiger partial charge in [-0.2, -0.15) is 0 Å². The Bertz CT molecular complexity index is 781. The van der Waals surface area contributed by atoms with Gasteiger partial charge in [-0.3, -0.25) is 9.69 Å². The van der Waals surface area contributed by atoms with Gasteiger partial charge in [0.2, 0.25) is 0 Å². The van der Waals surface area contributed by atoms with E-state index in [-0.39, 0.29) is 11.9 Å². The van der Waals surface area contributed by atoms with E-state index in [9.17, 15) is 9.59 Å². The minimum atomic E-state index is -0.207. The smallest absolute Gasteiger partial charge is 0.330 e. The summed E-state index contributed by atoms with van der Waals surface area (Å²) in [6, 6.07) is 10.6. The number of carbonyl (C=O) groups is 2. The van der Waals surface area contributed by atoms with Gasteiger partial charge >= 0.3 is 11.9 Å². The Hall–Kier alpha value is -2.18. The molecule has 31 heavy (non-hydrogen) atoms. The zero-order chi connectivity index (χ0) is 21.8. The molecule has 6 aliphatic rings. The molecule has 7 rings (SSSR count). The maximum atomic E-state index is 11.3. The average Bonchev–Trinajstić information content (AvgIpc) is 2.82. The van der Waals surface area contributed by atoms with E-state index in [1.54, 1.807) is 6.08 Å². The van der Waals surface area contributed by atoms with E-state index in [2.05, 4.69) is 39.2 Å². The fraction of sp³-hybridized carbons (Fsp3) is 0.600. The van der Waals surface area contributed by atoms with Crippen molar-refractivity contribution in [3.63, 3.8) is 0 Å². The van der Waals surface area contributed by atoms with Crippen molar-refractivity contribution in [3.8, 4) is 0 Å². The fourth-order valence-corrected chi connectivity index (χ4v) is 5.71. The predicted molar refractivity (Wildman–Crippen MR) is 118 cm³/mol. The molecule has 4 saturated heterocycles. The molecular formula is C25H34N2O4.